The molecule has 1 fully saturated rings. The van der Waals surface area contributed by atoms with Gasteiger partial charge in [-0.1, -0.05) is 109 Å². The van der Waals surface area contributed by atoms with Crippen molar-refractivity contribution in [3.63, 3.8) is 0 Å². The lowest BCUT2D eigenvalue weighted by molar-refractivity contribution is -0.253. The first-order valence-corrected chi connectivity index (χ1v) is 16.3. The minimum Gasteiger partial charge on any atom is -0.467 e. The predicted molar refractivity (Wildman–Crippen MR) is 184 cm³/mol. The van der Waals surface area contributed by atoms with Crippen LogP contribution in [0.3, 0.4) is 0 Å². The maximum absolute atomic E-state index is 12.7. The van der Waals surface area contributed by atoms with Crippen molar-refractivity contribution in [3.8, 4) is 0 Å². The van der Waals surface area contributed by atoms with Gasteiger partial charge in [-0.05, 0) is 41.8 Å². The van der Waals surface area contributed by atoms with Gasteiger partial charge in [0.05, 0.1) is 25.9 Å². The number of aliphatic hydroxyl groups is 1. The summed E-state index contributed by atoms with van der Waals surface area (Å²) >= 11 is 0. The average Bonchev–Trinajstić information content (AvgIpc) is 3.14. The Balaban J connectivity index is 1.23. The second-order valence-corrected chi connectivity index (χ2v) is 12.2. The van der Waals surface area contributed by atoms with Crippen molar-refractivity contribution >= 4 is 12.0 Å². The summed E-state index contributed by atoms with van der Waals surface area (Å²) in [5, 5.41) is 15.1. The van der Waals surface area contributed by atoms with Crippen molar-refractivity contribution < 1.29 is 28.9 Å². The topological polar surface area (TPSA) is 109 Å². The van der Waals surface area contributed by atoms with Gasteiger partial charge in [0.15, 0.2) is 6.29 Å². The van der Waals surface area contributed by atoms with E-state index in [-0.39, 0.29) is 31.4 Å². The molecule has 5 atom stereocenters. The van der Waals surface area contributed by atoms with E-state index in [4.69, 9.17) is 14.2 Å². The highest BCUT2D eigenvalue weighted by atomic mass is 16.7. The quantitative estimate of drug-likeness (QED) is 0.152. The monoisotopic (exact) mass is 651 g/mol. The summed E-state index contributed by atoms with van der Waals surface area (Å²) in [7, 11) is 3.42. The van der Waals surface area contributed by atoms with Gasteiger partial charge in [0.25, 0.3) is 0 Å². The number of hydrogen-bond donors (Lipinski definition) is 3. The van der Waals surface area contributed by atoms with Gasteiger partial charge >= 0.3 is 12.0 Å². The SMILES string of the molecule is COC(=O)[C@H](Cc1ccccc1)NC(=O)NCc1ccc([C@H]2O[C@@H](CN(C)[C@@H](C)c3ccccc3)C[C@@H](c3ccc(CO)cc3)O2)cc1. The molecule has 252 valence electrons. The number of aliphatic hydroxyl groups excluding tert-OH is 1. The van der Waals surface area contributed by atoms with E-state index in [0.29, 0.717) is 12.8 Å². The molecule has 0 bridgehead atoms. The number of esters is 1. The molecule has 48 heavy (non-hydrogen) atoms. The number of carbonyl (C=O) groups is 2. The van der Waals surface area contributed by atoms with Crippen molar-refractivity contribution in [2.45, 2.75) is 63.5 Å². The molecule has 0 saturated carbocycles. The van der Waals surface area contributed by atoms with Crippen LogP contribution in [0.2, 0.25) is 0 Å². The van der Waals surface area contributed by atoms with Gasteiger partial charge in [-0.2, -0.15) is 0 Å². The summed E-state index contributed by atoms with van der Waals surface area (Å²) < 4.78 is 18.0. The Hall–Kier alpha value is -4.54. The lowest BCUT2D eigenvalue weighted by atomic mass is 9.99. The second kappa shape index (κ2) is 17.0. The molecule has 1 heterocycles. The standard InChI is InChI=1S/C39H45N3O6/c1-27(31-12-8-5-9-13-31)42(2)25-34-23-36(32-18-16-30(26-43)17-19-32)48-38(47-34)33-20-14-29(15-21-33)24-40-39(45)41-35(37(44)46-3)22-28-10-6-4-7-11-28/h4-21,27,34-36,38,43H,22-26H2,1-3H3,(H2,40,41,45)/t27-,34+,35-,36-,38-/m0/s1. The zero-order valence-corrected chi connectivity index (χ0v) is 27.8. The van der Waals surface area contributed by atoms with Crippen LogP contribution < -0.4 is 10.6 Å². The van der Waals surface area contributed by atoms with Gasteiger partial charge in [0.2, 0.25) is 0 Å². The molecule has 9 nitrogen and oxygen atoms in total. The van der Waals surface area contributed by atoms with Crippen LogP contribution in [0.4, 0.5) is 4.79 Å². The molecular weight excluding hydrogens is 606 g/mol. The van der Waals surface area contributed by atoms with E-state index in [1.54, 1.807) is 0 Å². The second-order valence-electron chi connectivity index (χ2n) is 12.2. The number of urea groups is 1. The minimum atomic E-state index is -0.809. The van der Waals surface area contributed by atoms with Gasteiger partial charge in [-0.15, -0.1) is 0 Å². The molecule has 0 radical (unpaired) electrons. The number of ether oxygens (including phenoxy) is 3. The van der Waals surface area contributed by atoms with Crippen LogP contribution in [0.5, 0.6) is 0 Å². The molecule has 5 rings (SSSR count). The smallest absolute Gasteiger partial charge is 0.328 e. The fourth-order valence-corrected chi connectivity index (χ4v) is 5.87. The highest BCUT2D eigenvalue weighted by Crippen LogP contribution is 2.38. The number of hydrogen-bond acceptors (Lipinski definition) is 7. The van der Waals surface area contributed by atoms with E-state index in [0.717, 1.165) is 34.4 Å². The van der Waals surface area contributed by atoms with Gasteiger partial charge in [0.1, 0.15) is 6.04 Å². The van der Waals surface area contributed by atoms with E-state index in [1.165, 1.54) is 12.7 Å². The summed E-state index contributed by atoms with van der Waals surface area (Å²) in [6, 6.07) is 34.5. The Bertz CT molecular complexity index is 1580. The van der Waals surface area contributed by atoms with Crippen LogP contribution in [-0.2, 0) is 38.6 Å². The molecule has 4 aromatic rings. The minimum absolute atomic E-state index is 0.00918. The molecule has 0 aromatic heterocycles. The largest absolute Gasteiger partial charge is 0.467 e. The number of nitrogens with zero attached hydrogens (tertiary/aromatic N) is 1. The molecule has 1 aliphatic heterocycles. The van der Waals surface area contributed by atoms with Gasteiger partial charge in [-0.25, -0.2) is 9.59 Å². The van der Waals surface area contributed by atoms with Crippen molar-refractivity contribution in [1.29, 1.82) is 0 Å². The van der Waals surface area contributed by atoms with Crippen molar-refractivity contribution in [2.75, 3.05) is 20.7 Å². The van der Waals surface area contributed by atoms with E-state index < -0.39 is 24.3 Å². The number of carbonyl (C=O) groups excluding carboxylic acids is 2. The van der Waals surface area contributed by atoms with Crippen LogP contribution in [0.15, 0.2) is 109 Å². The maximum atomic E-state index is 12.7. The first-order valence-electron chi connectivity index (χ1n) is 16.3. The van der Waals surface area contributed by atoms with Crippen LogP contribution in [0.1, 0.15) is 65.2 Å². The number of likely N-dealkylation sites (N-methyl/N-ethyl adjacent to an activating group) is 1. The molecule has 3 N–H and O–H groups in total. The van der Waals surface area contributed by atoms with Gasteiger partial charge in [0, 0.05) is 37.5 Å². The lowest BCUT2D eigenvalue weighted by Crippen LogP contribution is -2.47. The fraction of sp³-hybridized carbons (Fsp3) is 0.333. The Morgan fingerprint density at radius 2 is 1.48 bits per heavy atom. The molecule has 1 aliphatic rings. The molecule has 4 aromatic carbocycles. The molecule has 0 unspecified atom stereocenters. The number of benzene rings is 4. The van der Waals surface area contributed by atoms with E-state index in [9.17, 15) is 14.7 Å². The number of amides is 2. The maximum Gasteiger partial charge on any atom is 0.328 e. The third kappa shape index (κ3) is 9.51. The Kier molecular flexibility index (Phi) is 12.3. The summed E-state index contributed by atoms with van der Waals surface area (Å²) in [5.74, 6) is -0.507. The van der Waals surface area contributed by atoms with Crippen LogP contribution >= 0.6 is 0 Å². The van der Waals surface area contributed by atoms with Crippen molar-refractivity contribution in [1.82, 2.24) is 15.5 Å². The fourth-order valence-electron chi connectivity index (χ4n) is 5.87. The van der Waals surface area contributed by atoms with Crippen LogP contribution in [0.25, 0.3) is 0 Å². The molecule has 1 saturated heterocycles. The number of rotatable bonds is 13. The molecule has 2 amide bonds. The average molecular weight is 652 g/mol. The Morgan fingerprint density at radius 3 is 2.12 bits per heavy atom. The Morgan fingerprint density at radius 1 is 0.854 bits per heavy atom. The summed E-state index contributed by atoms with van der Waals surface area (Å²) in [6.07, 6.45) is 0.146. The first-order chi connectivity index (χ1) is 23.3. The van der Waals surface area contributed by atoms with E-state index in [1.807, 2.05) is 84.9 Å². The summed E-state index contributed by atoms with van der Waals surface area (Å²) in [6.45, 7) is 3.17. The lowest BCUT2D eigenvalue weighted by Gasteiger charge is -2.39. The highest BCUT2D eigenvalue weighted by Gasteiger charge is 2.33. The summed E-state index contributed by atoms with van der Waals surface area (Å²) in [4.78, 5) is 27.4. The first kappa shape index (κ1) is 34.8. The van der Waals surface area contributed by atoms with Crippen molar-refractivity contribution in [3.05, 3.63) is 143 Å². The van der Waals surface area contributed by atoms with Gasteiger partial charge < -0.3 is 30.0 Å². The van der Waals surface area contributed by atoms with Gasteiger partial charge in [-0.3, -0.25) is 4.90 Å². The predicted octanol–water partition coefficient (Wildman–Crippen LogP) is 6.00. The van der Waals surface area contributed by atoms with Crippen molar-refractivity contribution in [2.24, 2.45) is 0 Å². The van der Waals surface area contributed by atoms with E-state index in [2.05, 4.69) is 53.8 Å². The third-order valence-electron chi connectivity index (χ3n) is 8.83. The van der Waals surface area contributed by atoms with Crippen LogP contribution in [-0.4, -0.2) is 54.9 Å². The normalized spacial score (nSPS) is 18.9. The van der Waals surface area contributed by atoms with Crippen LogP contribution in [0, 0.1) is 0 Å². The molecule has 0 spiro atoms. The molecule has 0 aliphatic carbocycles. The third-order valence-corrected chi connectivity index (χ3v) is 8.83. The zero-order valence-electron chi connectivity index (χ0n) is 27.8. The number of methoxy groups -OCH3 is 1. The Labute approximate surface area is 282 Å². The molecule has 9 heteroatoms. The summed E-state index contributed by atoms with van der Waals surface area (Å²) in [5.41, 5.74) is 5.80. The number of nitrogens with one attached hydrogen (secondary N) is 2. The highest BCUT2D eigenvalue weighted by molar-refractivity contribution is 5.83. The molecular formula is C39H45N3O6. The van der Waals surface area contributed by atoms with E-state index >= 15 is 0 Å². The zero-order chi connectivity index (χ0) is 33.9.